The van der Waals surface area contributed by atoms with Gasteiger partial charge in [-0.3, -0.25) is 14.3 Å². The highest BCUT2D eigenvalue weighted by atomic mass is 32.1. The fourth-order valence-corrected chi connectivity index (χ4v) is 3.33. The SMILES string of the molecule is Cn1cc(C(=O)N2CCN(C(=O)c3cccs3)CC2)c(C(=O)O)n1. The summed E-state index contributed by atoms with van der Waals surface area (Å²) in [5.41, 5.74) is -0.178. The van der Waals surface area contributed by atoms with Gasteiger partial charge < -0.3 is 14.9 Å². The van der Waals surface area contributed by atoms with Crippen LogP contribution in [0.3, 0.4) is 0 Å². The normalized spacial score (nSPS) is 14.7. The molecule has 9 heteroatoms. The van der Waals surface area contributed by atoms with Gasteiger partial charge in [-0.05, 0) is 11.4 Å². The molecule has 0 aromatic carbocycles. The lowest BCUT2D eigenvalue weighted by Crippen LogP contribution is -2.50. The van der Waals surface area contributed by atoms with E-state index in [1.54, 1.807) is 22.9 Å². The maximum Gasteiger partial charge on any atom is 0.357 e. The predicted octanol–water partition coefficient (Wildman–Crippen LogP) is 0.778. The van der Waals surface area contributed by atoms with Crippen molar-refractivity contribution in [2.45, 2.75) is 0 Å². The van der Waals surface area contributed by atoms with Crippen LogP contribution in [0.5, 0.6) is 0 Å². The van der Waals surface area contributed by atoms with E-state index < -0.39 is 5.97 Å². The van der Waals surface area contributed by atoms with E-state index >= 15 is 0 Å². The average molecular weight is 348 g/mol. The van der Waals surface area contributed by atoms with Gasteiger partial charge in [-0.15, -0.1) is 11.3 Å². The Hall–Kier alpha value is -2.68. The highest BCUT2D eigenvalue weighted by Gasteiger charge is 2.29. The summed E-state index contributed by atoms with van der Waals surface area (Å²) in [6.45, 7) is 1.57. The fourth-order valence-electron chi connectivity index (χ4n) is 2.64. The molecule has 1 aliphatic heterocycles. The van der Waals surface area contributed by atoms with Crippen molar-refractivity contribution >= 4 is 29.1 Å². The number of nitrogens with zero attached hydrogens (tertiary/aromatic N) is 4. The van der Waals surface area contributed by atoms with Crippen molar-refractivity contribution in [3.63, 3.8) is 0 Å². The largest absolute Gasteiger partial charge is 0.476 e. The van der Waals surface area contributed by atoms with E-state index in [2.05, 4.69) is 5.10 Å². The molecule has 3 heterocycles. The topological polar surface area (TPSA) is 95.7 Å². The summed E-state index contributed by atoms with van der Waals surface area (Å²) >= 11 is 1.39. The zero-order valence-electron chi connectivity index (χ0n) is 13.0. The predicted molar refractivity (Wildman–Crippen MR) is 86.3 cm³/mol. The number of carbonyl (C=O) groups is 3. The van der Waals surface area contributed by atoms with Crippen LogP contribution in [0.2, 0.25) is 0 Å². The Morgan fingerprint density at radius 2 is 1.75 bits per heavy atom. The second-order valence-corrected chi connectivity index (χ2v) is 6.38. The van der Waals surface area contributed by atoms with Crippen molar-refractivity contribution in [3.05, 3.63) is 39.8 Å². The molecule has 3 rings (SSSR count). The maximum absolute atomic E-state index is 12.6. The van der Waals surface area contributed by atoms with Gasteiger partial charge in [-0.25, -0.2) is 4.79 Å². The molecule has 2 amide bonds. The van der Waals surface area contributed by atoms with E-state index in [1.165, 1.54) is 22.2 Å². The second kappa shape index (κ2) is 6.44. The molecular weight excluding hydrogens is 332 g/mol. The number of rotatable bonds is 3. The van der Waals surface area contributed by atoms with Crippen LogP contribution in [0.25, 0.3) is 0 Å². The number of aryl methyl sites for hydroxylation is 1. The highest BCUT2D eigenvalue weighted by molar-refractivity contribution is 7.12. The van der Waals surface area contributed by atoms with E-state index in [0.29, 0.717) is 31.1 Å². The van der Waals surface area contributed by atoms with Gasteiger partial charge in [-0.2, -0.15) is 5.10 Å². The quantitative estimate of drug-likeness (QED) is 0.884. The fraction of sp³-hybridized carbons (Fsp3) is 0.333. The summed E-state index contributed by atoms with van der Waals surface area (Å²) in [4.78, 5) is 40.0. The van der Waals surface area contributed by atoms with Gasteiger partial charge in [0, 0.05) is 39.4 Å². The summed E-state index contributed by atoms with van der Waals surface area (Å²) < 4.78 is 1.31. The number of hydrogen-bond donors (Lipinski definition) is 1. The molecule has 126 valence electrons. The summed E-state index contributed by atoms with van der Waals surface area (Å²) in [6, 6.07) is 3.60. The molecule has 1 aliphatic rings. The van der Waals surface area contributed by atoms with E-state index in [-0.39, 0.29) is 23.1 Å². The smallest absolute Gasteiger partial charge is 0.357 e. The number of hydrogen-bond acceptors (Lipinski definition) is 5. The van der Waals surface area contributed by atoms with Crippen LogP contribution < -0.4 is 0 Å². The molecule has 0 spiro atoms. The first-order chi connectivity index (χ1) is 11.5. The summed E-state index contributed by atoms with van der Waals surface area (Å²) in [5.74, 6) is -1.64. The Balaban J connectivity index is 1.67. The third kappa shape index (κ3) is 3.02. The van der Waals surface area contributed by atoms with Crippen LogP contribution in [-0.4, -0.2) is 68.6 Å². The minimum absolute atomic E-state index is 0.0373. The second-order valence-electron chi connectivity index (χ2n) is 5.43. The Bertz CT molecular complexity index is 776. The molecule has 1 N–H and O–H groups in total. The van der Waals surface area contributed by atoms with Gasteiger partial charge in [0.2, 0.25) is 0 Å². The first-order valence-electron chi connectivity index (χ1n) is 7.36. The van der Waals surface area contributed by atoms with Crippen LogP contribution in [0, 0.1) is 0 Å². The molecule has 24 heavy (non-hydrogen) atoms. The first-order valence-corrected chi connectivity index (χ1v) is 8.24. The number of carbonyl (C=O) groups excluding carboxylic acids is 2. The number of carboxylic acid groups (broad SMARTS) is 1. The molecule has 0 saturated carbocycles. The molecule has 0 unspecified atom stereocenters. The third-order valence-electron chi connectivity index (χ3n) is 3.85. The van der Waals surface area contributed by atoms with Crippen LogP contribution in [0.1, 0.15) is 30.5 Å². The molecule has 0 aliphatic carbocycles. The van der Waals surface area contributed by atoms with Crippen LogP contribution in [0.15, 0.2) is 23.7 Å². The van der Waals surface area contributed by atoms with E-state index in [0.717, 1.165) is 0 Å². The Labute approximate surface area is 141 Å². The van der Waals surface area contributed by atoms with Crippen molar-refractivity contribution in [1.29, 1.82) is 0 Å². The molecule has 0 radical (unpaired) electrons. The molecule has 1 saturated heterocycles. The van der Waals surface area contributed by atoms with Gasteiger partial charge in [0.15, 0.2) is 5.69 Å². The van der Waals surface area contributed by atoms with Crippen molar-refractivity contribution in [2.75, 3.05) is 26.2 Å². The van der Waals surface area contributed by atoms with Gasteiger partial charge in [0.1, 0.15) is 0 Å². The minimum Gasteiger partial charge on any atom is -0.476 e. The Morgan fingerprint density at radius 1 is 1.12 bits per heavy atom. The van der Waals surface area contributed by atoms with E-state index in [1.807, 2.05) is 11.4 Å². The van der Waals surface area contributed by atoms with E-state index in [4.69, 9.17) is 5.11 Å². The molecule has 0 bridgehead atoms. The van der Waals surface area contributed by atoms with Crippen LogP contribution in [0.4, 0.5) is 0 Å². The van der Waals surface area contributed by atoms with Crippen molar-refractivity contribution in [1.82, 2.24) is 19.6 Å². The zero-order valence-corrected chi connectivity index (χ0v) is 13.8. The van der Waals surface area contributed by atoms with Crippen molar-refractivity contribution < 1.29 is 19.5 Å². The molecule has 0 atom stereocenters. The Morgan fingerprint density at radius 3 is 2.29 bits per heavy atom. The lowest BCUT2D eigenvalue weighted by Gasteiger charge is -2.34. The maximum atomic E-state index is 12.6. The molecule has 2 aromatic heterocycles. The third-order valence-corrected chi connectivity index (χ3v) is 4.71. The van der Waals surface area contributed by atoms with Crippen molar-refractivity contribution in [3.8, 4) is 0 Å². The van der Waals surface area contributed by atoms with Gasteiger partial charge in [0.05, 0.1) is 10.4 Å². The number of aromatic carboxylic acids is 1. The highest BCUT2D eigenvalue weighted by Crippen LogP contribution is 2.16. The lowest BCUT2D eigenvalue weighted by atomic mass is 10.2. The molecular formula is C15H16N4O4S. The lowest BCUT2D eigenvalue weighted by molar-refractivity contribution is 0.0534. The summed E-state index contributed by atoms with van der Waals surface area (Å²) in [5, 5.41) is 14.8. The number of amides is 2. The summed E-state index contributed by atoms with van der Waals surface area (Å²) in [7, 11) is 1.57. The van der Waals surface area contributed by atoms with Gasteiger partial charge in [0.25, 0.3) is 11.8 Å². The zero-order chi connectivity index (χ0) is 17.3. The first kappa shape index (κ1) is 16.2. The minimum atomic E-state index is -1.23. The molecule has 2 aromatic rings. The summed E-state index contributed by atoms with van der Waals surface area (Å²) in [6.07, 6.45) is 1.41. The van der Waals surface area contributed by atoms with Gasteiger partial charge >= 0.3 is 5.97 Å². The number of carboxylic acids is 1. The number of piperazine rings is 1. The van der Waals surface area contributed by atoms with Crippen molar-refractivity contribution in [2.24, 2.45) is 7.05 Å². The number of thiophene rings is 1. The number of aromatic nitrogens is 2. The molecule has 1 fully saturated rings. The Kier molecular flexibility index (Phi) is 4.34. The monoisotopic (exact) mass is 348 g/mol. The van der Waals surface area contributed by atoms with E-state index in [9.17, 15) is 14.4 Å². The van der Waals surface area contributed by atoms with Gasteiger partial charge in [-0.1, -0.05) is 6.07 Å². The molecule has 8 nitrogen and oxygen atoms in total. The van der Waals surface area contributed by atoms with Crippen LogP contribution >= 0.6 is 11.3 Å². The average Bonchev–Trinajstić information content (AvgIpc) is 3.23. The standard InChI is InChI=1S/C15H16N4O4S/c1-17-9-10(12(16-17)15(22)23)13(20)18-4-6-19(7-5-18)14(21)11-3-2-8-24-11/h2-3,8-9H,4-7H2,1H3,(H,22,23). The van der Waals surface area contributed by atoms with Crippen LogP contribution in [-0.2, 0) is 7.05 Å².